The van der Waals surface area contributed by atoms with Gasteiger partial charge in [-0.2, -0.15) is 0 Å². The van der Waals surface area contributed by atoms with Gasteiger partial charge in [0.05, 0.1) is 0 Å². The molecule has 0 heterocycles. The molecular weight excluding hydrogens is 189 g/mol. The van der Waals surface area contributed by atoms with E-state index < -0.39 is 0 Å². The highest BCUT2D eigenvalue weighted by Gasteiger charge is 2.17. The Kier molecular flexibility index (Phi) is 3.37. The van der Waals surface area contributed by atoms with E-state index in [2.05, 4.69) is 12.2 Å². The van der Waals surface area contributed by atoms with E-state index in [4.69, 9.17) is 0 Å². The predicted octanol–water partition coefficient (Wildman–Crippen LogP) is 3.28. The lowest BCUT2D eigenvalue weighted by atomic mass is 9.85. The number of rotatable bonds is 4. The Hall–Kier alpha value is -0.890. The van der Waals surface area contributed by atoms with E-state index >= 15 is 0 Å². The maximum atomic E-state index is 12.7. The lowest BCUT2D eigenvalue weighted by Crippen LogP contribution is -2.29. The van der Waals surface area contributed by atoms with Crippen LogP contribution in [0.5, 0.6) is 0 Å². The van der Waals surface area contributed by atoms with Gasteiger partial charge in [0.1, 0.15) is 5.82 Å². The van der Waals surface area contributed by atoms with Crippen molar-refractivity contribution in [3.8, 4) is 0 Å². The van der Waals surface area contributed by atoms with Crippen molar-refractivity contribution in [2.75, 3.05) is 6.54 Å². The zero-order valence-electron chi connectivity index (χ0n) is 9.17. The van der Waals surface area contributed by atoms with Gasteiger partial charge in [-0.1, -0.05) is 18.6 Å². The molecule has 1 saturated carbocycles. The van der Waals surface area contributed by atoms with Crippen molar-refractivity contribution in [3.63, 3.8) is 0 Å². The highest BCUT2D eigenvalue weighted by molar-refractivity contribution is 5.19. The van der Waals surface area contributed by atoms with Crippen molar-refractivity contribution in [1.29, 1.82) is 0 Å². The Bertz CT molecular complexity index is 303. The Balaban J connectivity index is 1.83. The van der Waals surface area contributed by atoms with Crippen LogP contribution in [0.15, 0.2) is 24.3 Å². The van der Waals surface area contributed by atoms with E-state index in [1.807, 2.05) is 12.1 Å². The smallest absolute Gasteiger partial charge is 0.123 e. The number of hydrogen-bond donors (Lipinski definition) is 1. The minimum Gasteiger partial charge on any atom is -0.310 e. The maximum Gasteiger partial charge on any atom is 0.123 e. The van der Waals surface area contributed by atoms with Crippen molar-refractivity contribution in [2.45, 2.75) is 32.2 Å². The van der Waals surface area contributed by atoms with Crippen LogP contribution in [0.3, 0.4) is 0 Å². The molecule has 2 rings (SSSR count). The normalized spacial score (nSPS) is 18.5. The molecule has 1 atom stereocenters. The van der Waals surface area contributed by atoms with Crippen LogP contribution in [0.2, 0.25) is 0 Å². The SMILES string of the molecule is C[C@@H](NCC1CCC1)c1ccc(F)cc1. The van der Waals surface area contributed by atoms with Crippen molar-refractivity contribution in [3.05, 3.63) is 35.6 Å². The standard InChI is InChI=1S/C13H18FN/c1-10(15-9-11-3-2-4-11)12-5-7-13(14)8-6-12/h5-8,10-11,15H,2-4,9H2,1H3/t10-/m1/s1. The summed E-state index contributed by atoms with van der Waals surface area (Å²) in [6.45, 7) is 3.23. The average Bonchev–Trinajstić information content (AvgIpc) is 2.16. The first kappa shape index (κ1) is 10.6. The number of benzene rings is 1. The molecule has 0 aliphatic heterocycles. The summed E-state index contributed by atoms with van der Waals surface area (Å²) in [4.78, 5) is 0. The van der Waals surface area contributed by atoms with Crippen LogP contribution in [0.1, 0.15) is 37.8 Å². The second-order valence-electron chi connectivity index (χ2n) is 4.48. The third-order valence-corrected chi connectivity index (χ3v) is 3.31. The number of hydrogen-bond acceptors (Lipinski definition) is 1. The van der Waals surface area contributed by atoms with Gasteiger partial charge in [0.2, 0.25) is 0 Å². The molecular formula is C13H18FN. The average molecular weight is 207 g/mol. The predicted molar refractivity (Wildman–Crippen MR) is 60.2 cm³/mol. The highest BCUT2D eigenvalue weighted by Crippen LogP contribution is 2.26. The minimum absolute atomic E-state index is 0.162. The second kappa shape index (κ2) is 4.75. The third-order valence-electron chi connectivity index (χ3n) is 3.31. The fourth-order valence-corrected chi connectivity index (χ4v) is 1.91. The van der Waals surface area contributed by atoms with Gasteiger partial charge in [-0.3, -0.25) is 0 Å². The summed E-state index contributed by atoms with van der Waals surface area (Å²) in [6, 6.07) is 7.08. The first-order valence-corrected chi connectivity index (χ1v) is 5.74. The van der Waals surface area contributed by atoms with Crippen LogP contribution < -0.4 is 5.32 Å². The van der Waals surface area contributed by atoms with Gasteiger partial charge in [0.25, 0.3) is 0 Å². The number of halogens is 1. The summed E-state index contributed by atoms with van der Waals surface area (Å²) in [7, 11) is 0. The molecule has 1 N–H and O–H groups in total. The molecule has 0 spiro atoms. The van der Waals surface area contributed by atoms with Crippen molar-refractivity contribution >= 4 is 0 Å². The third kappa shape index (κ3) is 2.78. The van der Waals surface area contributed by atoms with Crippen LogP contribution in [0.25, 0.3) is 0 Å². The summed E-state index contributed by atoms with van der Waals surface area (Å²) in [5.74, 6) is 0.706. The lowest BCUT2D eigenvalue weighted by molar-refractivity contribution is 0.292. The van der Waals surface area contributed by atoms with Gasteiger partial charge in [0, 0.05) is 6.04 Å². The van der Waals surface area contributed by atoms with Crippen LogP contribution >= 0.6 is 0 Å². The topological polar surface area (TPSA) is 12.0 Å². The first-order chi connectivity index (χ1) is 7.25. The van der Waals surface area contributed by atoms with Crippen LogP contribution in [-0.2, 0) is 0 Å². The van der Waals surface area contributed by atoms with Gasteiger partial charge in [-0.05, 0) is 49.9 Å². The molecule has 1 aliphatic rings. The Morgan fingerprint density at radius 1 is 1.33 bits per heavy atom. The molecule has 2 heteroatoms. The molecule has 1 aromatic carbocycles. The van der Waals surface area contributed by atoms with E-state index in [1.54, 1.807) is 0 Å². The molecule has 1 aromatic rings. The molecule has 0 amide bonds. The quantitative estimate of drug-likeness (QED) is 0.799. The summed E-state index contributed by atoms with van der Waals surface area (Å²) < 4.78 is 12.7. The molecule has 0 aromatic heterocycles. The van der Waals surface area contributed by atoms with E-state index in [0.29, 0.717) is 6.04 Å². The molecule has 1 aliphatic carbocycles. The Morgan fingerprint density at radius 3 is 2.53 bits per heavy atom. The van der Waals surface area contributed by atoms with Gasteiger partial charge < -0.3 is 5.32 Å². The molecule has 82 valence electrons. The fraction of sp³-hybridized carbons (Fsp3) is 0.538. The first-order valence-electron chi connectivity index (χ1n) is 5.74. The Labute approximate surface area is 90.7 Å². The lowest BCUT2D eigenvalue weighted by Gasteiger charge is -2.27. The monoisotopic (exact) mass is 207 g/mol. The molecule has 0 radical (unpaired) electrons. The molecule has 1 nitrogen and oxygen atoms in total. The van der Waals surface area contributed by atoms with Crippen molar-refractivity contribution in [2.24, 2.45) is 5.92 Å². The summed E-state index contributed by atoms with van der Waals surface area (Å²) in [6.07, 6.45) is 4.11. The van der Waals surface area contributed by atoms with Gasteiger partial charge in [0.15, 0.2) is 0 Å². The van der Waals surface area contributed by atoms with E-state index in [0.717, 1.165) is 18.0 Å². The molecule has 0 unspecified atom stereocenters. The molecule has 0 saturated heterocycles. The second-order valence-corrected chi connectivity index (χ2v) is 4.48. The van der Waals surface area contributed by atoms with Crippen LogP contribution in [-0.4, -0.2) is 6.54 Å². The highest BCUT2D eigenvalue weighted by atomic mass is 19.1. The summed E-state index contributed by atoms with van der Waals surface area (Å²) in [5.41, 5.74) is 1.16. The maximum absolute atomic E-state index is 12.7. The van der Waals surface area contributed by atoms with E-state index in [1.165, 1.54) is 31.4 Å². The number of nitrogens with one attached hydrogen (secondary N) is 1. The zero-order valence-corrected chi connectivity index (χ0v) is 9.17. The largest absolute Gasteiger partial charge is 0.310 e. The van der Waals surface area contributed by atoms with E-state index in [9.17, 15) is 4.39 Å². The summed E-state index contributed by atoms with van der Waals surface area (Å²) in [5, 5.41) is 3.50. The van der Waals surface area contributed by atoms with Crippen LogP contribution in [0.4, 0.5) is 4.39 Å². The molecule has 0 bridgehead atoms. The summed E-state index contributed by atoms with van der Waals surface area (Å²) >= 11 is 0. The zero-order chi connectivity index (χ0) is 10.7. The fourth-order valence-electron chi connectivity index (χ4n) is 1.91. The Morgan fingerprint density at radius 2 is 2.00 bits per heavy atom. The van der Waals surface area contributed by atoms with Gasteiger partial charge in [-0.15, -0.1) is 0 Å². The van der Waals surface area contributed by atoms with Crippen LogP contribution in [0, 0.1) is 11.7 Å². The van der Waals surface area contributed by atoms with Crippen molar-refractivity contribution in [1.82, 2.24) is 5.32 Å². The van der Waals surface area contributed by atoms with Crippen molar-refractivity contribution < 1.29 is 4.39 Å². The van der Waals surface area contributed by atoms with Gasteiger partial charge in [-0.25, -0.2) is 4.39 Å². The minimum atomic E-state index is -0.162. The molecule has 15 heavy (non-hydrogen) atoms. The van der Waals surface area contributed by atoms with Gasteiger partial charge >= 0.3 is 0 Å². The van der Waals surface area contributed by atoms with E-state index in [-0.39, 0.29) is 5.82 Å². The molecule has 1 fully saturated rings.